The number of amides is 1. The summed E-state index contributed by atoms with van der Waals surface area (Å²) < 4.78 is 37.3. The highest BCUT2D eigenvalue weighted by atomic mass is 32.2. The van der Waals surface area contributed by atoms with E-state index < -0.39 is 11.7 Å². The van der Waals surface area contributed by atoms with Gasteiger partial charge in [0, 0.05) is 11.3 Å². The van der Waals surface area contributed by atoms with Gasteiger partial charge in [0.05, 0.1) is 5.56 Å². The molecule has 0 saturated carbocycles. The Balaban J connectivity index is 2.46. The van der Waals surface area contributed by atoms with Gasteiger partial charge in [0.1, 0.15) is 0 Å². The van der Waals surface area contributed by atoms with E-state index in [2.05, 4.69) is 0 Å². The van der Waals surface area contributed by atoms with Crippen molar-refractivity contribution in [3.63, 3.8) is 0 Å². The molecule has 0 aliphatic carbocycles. The largest absolute Gasteiger partial charge is 0.416 e. The monoisotopic (exact) mass is 278 g/mol. The second-order valence-corrected chi connectivity index (χ2v) is 4.71. The summed E-state index contributed by atoms with van der Waals surface area (Å²) in [5, 5.41) is 0. The second-order valence-electron chi connectivity index (χ2n) is 3.55. The number of carbonyl (C=O) groups is 1. The first kappa shape index (κ1) is 14.8. The smallest absolute Gasteiger partial charge is 0.294 e. The van der Waals surface area contributed by atoms with Crippen LogP contribution in [-0.4, -0.2) is 11.7 Å². The van der Waals surface area contributed by atoms with Crippen molar-refractivity contribution in [1.82, 2.24) is 5.43 Å². The molecule has 0 bridgehead atoms. The van der Waals surface area contributed by atoms with Gasteiger partial charge in [0.25, 0.3) is 0 Å². The molecule has 0 unspecified atom stereocenters. The second kappa shape index (κ2) is 6.65. The fourth-order valence-corrected chi connectivity index (χ4v) is 2.17. The van der Waals surface area contributed by atoms with Crippen LogP contribution in [0.2, 0.25) is 0 Å². The summed E-state index contributed by atoms with van der Waals surface area (Å²) in [6.45, 7) is 0. The van der Waals surface area contributed by atoms with E-state index in [9.17, 15) is 18.0 Å². The molecule has 3 nitrogen and oxygen atoms in total. The number of alkyl halides is 3. The van der Waals surface area contributed by atoms with Crippen LogP contribution < -0.4 is 11.3 Å². The molecular weight excluding hydrogens is 265 g/mol. The third-order valence-electron chi connectivity index (χ3n) is 2.14. The number of halogens is 3. The van der Waals surface area contributed by atoms with Crippen LogP contribution in [0.4, 0.5) is 13.2 Å². The third kappa shape index (κ3) is 4.97. The lowest BCUT2D eigenvalue weighted by atomic mass is 10.2. The summed E-state index contributed by atoms with van der Waals surface area (Å²) in [5.41, 5.74) is 1.34. The zero-order valence-corrected chi connectivity index (χ0v) is 10.3. The Labute approximate surface area is 107 Å². The molecule has 3 N–H and O–H groups in total. The fraction of sp³-hybridized carbons (Fsp3) is 0.364. The van der Waals surface area contributed by atoms with Crippen molar-refractivity contribution in [3.8, 4) is 0 Å². The quantitative estimate of drug-likeness (QED) is 0.286. The molecule has 0 heterocycles. The Bertz CT molecular complexity index is 410. The van der Waals surface area contributed by atoms with Crippen LogP contribution in [0.5, 0.6) is 0 Å². The summed E-state index contributed by atoms with van der Waals surface area (Å²) in [6.07, 6.45) is -3.50. The normalized spacial score (nSPS) is 11.3. The predicted octanol–water partition coefficient (Wildman–Crippen LogP) is 2.57. The lowest BCUT2D eigenvalue weighted by molar-refractivity contribution is -0.137. The molecule has 0 aromatic heterocycles. The van der Waals surface area contributed by atoms with Crippen LogP contribution in [0.15, 0.2) is 29.2 Å². The van der Waals surface area contributed by atoms with Gasteiger partial charge in [0.2, 0.25) is 5.91 Å². The van der Waals surface area contributed by atoms with E-state index in [1.807, 2.05) is 5.43 Å². The molecule has 0 saturated heterocycles. The molecule has 1 aromatic rings. The number of thioether (sulfide) groups is 1. The van der Waals surface area contributed by atoms with Gasteiger partial charge in [0.15, 0.2) is 0 Å². The molecule has 100 valence electrons. The van der Waals surface area contributed by atoms with Gasteiger partial charge in [-0.3, -0.25) is 10.2 Å². The molecule has 0 spiro atoms. The first-order chi connectivity index (χ1) is 8.43. The zero-order chi connectivity index (χ0) is 13.6. The predicted molar refractivity (Wildman–Crippen MR) is 63.7 cm³/mol. The summed E-state index contributed by atoms with van der Waals surface area (Å²) in [7, 11) is 0. The number of nitrogens with one attached hydrogen (secondary N) is 1. The fourth-order valence-electron chi connectivity index (χ4n) is 1.26. The van der Waals surface area contributed by atoms with E-state index in [0.29, 0.717) is 17.1 Å². The summed E-state index contributed by atoms with van der Waals surface area (Å²) in [5.74, 6) is 5.19. The molecule has 18 heavy (non-hydrogen) atoms. The first-order valence-electron chi connectivity index (χ1n) is 5.23. The maximum Gasteiger partial charge on any atom is 0.416 e. The van der Waals surface area contributed by atoms with E-state index in [1.54, 1.807) is 6.07 Å². The van der Waals surface area contributed by atoms with Crippen molar-refractivity contribution < 1.29 is 18.0 Å². The van der Waals surface area contributed by atoms with Gasteiger partial charge in [-0.25, -0.2) is 5.84 Å². The standard InChI is InChI=1S/C11H13F3N2OS/c12-11(13,14)8-3-1-4-9(7-8)18-6-2-5-10(17)16-15/h1,3-4,7H,2,5-6,15H2,(H,16,17). The molecule has 0 fully saturated rings. The number of hydrazine groups is 1. The van der Waals surface area contributed by atoms with E-state index in [4.69, 9.17) is 5.84 Å². The van der Waals surface area contributed by atoms with Gasteiger partial charge >= 0.3 is 6.18 Å². The Morgan fingerprint density at radius 2 is 2.11 bits per heavy atom. The van der Waals surface area contributed by atoms with Crippen molar-refractivity contribution in [2.24, 2.45) is 5.84 Å². The summed E-state index contributed by atoms with van der Waals surface area (Å²) in [6, 6.07) is 5.13. The number of carbonyl (C=O) groups excluding carboxylic acids is 1. The van der Waals surface area contributed by atoms with Crippen LogP contribution in [0.1, 0.15) is 18.4 Å². The summed E-state index contributed by atoms with van der Waals surface area (Å²) >= 11 is 1.28. The lowest BCUT2D eigenvalue weighted by Crippen LogP contribution is -2.29. The maximum absolute atomic E-state index is 12.4. The van der Waals surface area contributed by atoms with E-state index in [-0.39, 0.29) is 12.3 Å². The van der Waals surface area contributed by atoms with Crippen LogP contribution in [0.3, 0.4) is 0 Å². The minimum Gasteiger partial charge on any atom is -0.294 e. The van der Waals surface area contributed by atoms with Gasteiger partial charge in [-0.2, -0.15) is 13.2 Å². The SMILES string of the molecule is NNC(=O)CCCSc1cccc(C(F)(F)F)c1. The van der Waals surface area contributed by atoms with Crippen molar-refractivity contribution in [3.05, 3.63) is 29.8 Å². The van der Waals surface area contributed by atoms with Crippen LogP contribution >= 0.6 is 11.8 Å². The zero-order valence-electron chi connectivity index (χ0n) is 9.46. The number of nitrogens with two attached hydrogens (primary N) is 1. The van der Waals surface area contributed by atoms with Gasteiger partial charge in [-0.1, -0.05) is 6.07 Å². The Morgan fingerprint density at radius 3 is 2.72 bits per heavy atom. The van der Waals surface area contributed by atoms with Crippen LogP contribution in [0.25, 0.3) is 0 Å². The average Bonchev–Trinajstić information content (AvgIpc) is 2.33. The summed E-state index contributed by atoms with van der Waals surface area (Å²) in [4.78, 5) is 11.4. The number of benzene rings is 1. The highest BCUT2D eigenvalue weighted by Crippen LogP contribution is 2.31. The molecule has 1 amide bonds. The molecular formula is C11H13F3N2OS. The number of rotatable bonds is 5. The molecule has 1 aromatic carbocycles. The minimum atomic E-state index is -4.32. The molecule has 0 radical (unpaired) electrons. The maximum atomic E-state index is 12.4. The Hall–Kier alpha value is -1.21. The van der Waals surface area contributed by atoms with E-state index >= 15 is 0 Å². The van der Waals surface area contributed by atoms with Crippen molar-refractivity contribution in [2.45, 2.75) is 23.9 Å². The molecule has 0 aliphatic heterocycles. The Morgan fingerprint density at radius 1 is 1.39 bits per heavy atom. The van der Waals surface area contributed by atoms with Crippen molar-refractivity contribution in [2.75, 3.05) is 5.75 Å². The van der Waals surface area contributed by atoms with Gasteiger partial charge in [-0.15, -0.1) is 11.8 Å². The highest BCUT2D eigenvalue weighted by molar-refractivity contribution is 7.99. The van der Waals surface area contributed by atoms with E-state index in [0.717, 1.165) is 12.1 Å². The van der Waals surface area contributed by atoms with Crippen molar-refractivity contribution in [1.29, 1.82) is 0 Å². The van der Waals surface area contributed by atoms with Crippen LogP contribution in [-0.2, 0) is 11.0 Å². The van der Waals surface area contributed by atoms with E-state index in [1.165, 1.54) is 17.8 Å². The highest BCUT2D eigenvalue weighted by Gasteiger charge is 2.30. The topological polar surface area (TPSA) is 55.1 Å². The third-order valence-corrected chi connectivity index (χ3v) is 3.22. The average molecular weight is 278 g/mol. The van der Waals surface area contributed by atoms with Crippen molar-refractivity contribution >= 4 is 17.7 Å². The number of hydrogen-bond acceptors (Lipinski definition) is 3. The Kier molecular flexibility index (Phi) is 5.49. The van der Waals surface area contributed by atoms with Gasteiger partial charge < -0.3 is 0 Å². The molecule has 1 rings (SSSR count). The first-order valence-corrected chi connectivity index (χ1v) is 6.21. The molecule has 0 aliphatic rings. The molecule has 0 atom stereocenters. The van der Waals surface area contributed by atoms with Gasteiger partial charge in [-0.05, 0) is 30.4 Å². The minimum absolute atomic E-state index is 0.266. The number of hydrogen-bond donors (Lipinski definition) is 2. The molecule has 7 heteroatoms. The lowest BCUT2D eigenvalue weighted by Gasteiger charge is -2.08. The van der Waals surface area contributed by atoms with Crippen LogP contribution in [0, 0.1) is 0 Å².